The van der Waals surface area contributed by atoms with Gasteiger partial charge in [0.15, 0.2) is 9.84 Å². The Morgan fingerprint density at radius 2 is 1.48 bits per heavy atom. The van der Waals surface area contributed by atoms with Crippen LogP contribution in [0.25, 0.3) is 0 Å². The van der Waals surface area contributed by atoms with E-state index in [1.807, 2.05) is 17.0 Å². The topological polar surface area (TPSA) is 50.3 Å². The van der Waals surface area contributed by atoms with Gasteiger partial charge in [-0.2, -0.15) is 13.2 Å². The van der Waals surface area contributed by atoms with Gasteiger partial charge < -0.3 is 4.90 Å². The summed E-state index contributed by atoms with van der Waals surface area (Å²) >= 11 is 0. The molecule has 1 aromatic heterocycles. The minimum Gasteiger partial charge on any atom is -0.357 e. The number of hydrogen-bond acceptors (Lipinski definition) is 4. The highest BCUT2D eigenvalue weighted by molar-refractivity contribution is 7.92. The highest BCUT2D eigenvalue weighted by Crippen LogP contribution is 2.31. The molecule has 3 rings (SSSR count). The van der Waals surface area contributed by atoms with Crippen LogP contribution < -0.4 is 4.90 Å². The van der Waals surface area contributed by atoms with Crippen LogP contribution in [0, 0.1) is 0 Å². The molecule has 4 nitrogen and oxygen atoms in total. The molecule has 0 spiro atoms. The SMILES string of the molecule is CC(C)(C)c1ccc(S(=O)(=O)C2CCN(c3ccc(C(F)(F)F)cn3)CC2)cc1. The first-order valence-electron chi connectivity index (χ1n) is 9.52. The summed E-state index contributed by atoms with van der Waals surface area (Å²) in [5.74, 6) is 0.434. The Hall–Kier alpha value is -2.09. The van der Waals surface area contributed by atoms with E-state index in [0.29, 0.717) is 36.6 Å². The van der Waals surface area contributed by atoms with Crippen molar-refractivity contribution in [3.63, 3.8) is 0 Å². The molecule has 0 radical (unpaired) electrons. The van der Waals surface area contributed by atoms with Gasteiger partial charge in [0.1, 0.15) is 5.82 Å². The highest BCUT2D eigenvalue weighted by Gasteiger charge is 2.33. The highest BCUT2D eigenvalue weighted by atomic mass is 32.2. The third-order valence-electron chi connectivity index (χ3n) is 5.33. The maximum absolute atomic E-state index is 13.0. The summed E-state index contributed by atoms with van der Waals surface area (Å²) in [7, 11) is -3.45. The van der Waals surface area contributed by atoms with E-state index in [-0.39, 0.29) is 5.41 Å². The third kappa shape index (κ3) is 4.74. The van der Waals surface area contributed by atoms with Gasteiger partial charge in [0.2, 0.25) is 0 Å². The maximum atomic E-state index is 13.0. The number of aromatic nitrogens is 1. The van der Waals surface area contributed by atoms with Crippen molar-refractivity contribution in [1.29, 1.82) is 0 Å². The molecule has 0 unspecified atom stereocenters. The van der Waals surface area contributed by atoms with Crippen molar-refractivity contribution < 1.29 is 21.6 Å². The number of pyridine rings is 1. The summed E-state index contributed by atoms with van der Waals surface area (Å²) in [6.07, 6.45) is -2.79. The van der Waals surface area contributed by atoms with Crippen molar-refractivity contribution in [2.45, 2.75) is 55.3 Å². The van der Waals surface area contributed by atoms with Gasteiger partial charge in [-0.25, -0.2) is 13.4 Å². The zero-order chi connectivity index (χ0) is 21.4. The molecule has 2 aromatic rings. The molecule has 0 bridgehead atoms. The quantitative estimate of drug-likeness (QED) is 0.705. The molecule has 0 saturated carbocycles. The summed E-state index contributed by atoms with van der Waals surface area (Å²) in [4.78, 5) is 6.05. The van der Waals surface area contributed by atoms with E-state index in [9.17, 15) is 21.6 Å². The lowest BCUT2D eigenvalue weighted by atomic mass is 9.87. The number of sulfone groups is 1. The third-order valence-corrected chi connectivity index (χ3v) is 7.61. The van der Waals surface area contributed by atoms with Crippen LogP contribution in [0.3, 0.4) is 0 Å². The van der Waals surface area contributed by atoms with Crippen LogP contribution in [-0.2, 0) is 21.4 Å². The zero-order valence-corrected chi connectivity index (χ0v) is 17.5. The smallest absolute Gasteiger partial charge is 0.357 e. The van der Waals surface area contributed by atoms with Crippen molar-refractivity contribution >= 4 is 15.7 Å². The minimum absolute atomic E-state index is 0.0533. The Labute approximate surface area is 169 Å². The van der Waals surface area contributed by atoms with Crippen LogP contribution in [0.4, 0.5) is 19.0 Å². The first-order valence-corrected chi connectivity index (χ1v) is 11.1. The predicted molar refractivity (Wildman–Crippen MR) is 107 cm³/mol. The average molecular weight is 427 g/mol. The average Bonchev–Trinajstić information content (AvgIpc) is 2.67. The van der Waals surface area contributed by atoms with Crippen LogP contribution >= 0.6 is 0 Å². The predicted octanol–water partition coefficient (Wildman–Crippen LogP) is 4.84. The van der Waals surface area contributed by atoms with Crippen molar-refractivity contribution in [2.24, 2.45) is 0 Å². The van der Waals surface area contributed by atoms with Crippen LogP contribution in [0.15, 0.2) is 47.5 Å². The molecular weight excluding hydrogens is 401 g/mol. The molecule has 1 aliphatic heterocycles. The minimum atomic E-state index is -4.42. The number of hydrogen-bond donors (Lipinski definition) is 0. The summed E-state index contributed by atoms with van der Waals surface area (Å²) in [5, 5.41) is -0.506. The molecule has 2 heterocycles. The Balaban J connectivity index is 1.68. The largest absolute Gasteiger partial charge is 0.417 e. The monoisotopic (exact) mass is 426 g/mol. The van der Waals surface area contributed by atoms with Crippen LogP contribution in [0.5, 0.6) is 0 Å². The Morgan fingerprint density at radius 3 is 1.93 bits per heavy atom. The lowest BCUT2D eigenvalue weighted by Crippen LogP contribution is -2.39. The molecule has 0 amide bonds. The second-order valence-corrected chi connectivity index (χ2v) is 10.6. The van der Waals surface area contributed by atoms with E-state index in [1.54, 1.807) is 12.1 Å². The van der Waals surface area contributed by atoms with Crippen molar-refractivity contribution in [1.82, 2.24) is 4.98 Å². The van der Waals surface area contributed by atoms with Gasteiger partial charge in [0.25, 0.3) is 0 Å². The van der Waals surface area contributed by atoms with Gasteiger partial charge >= 0.3 is 6.18 Å². The first-order chi connectivity index (χ1) is 13.4. The Bertz CT molecular complexity index is 939. The molecule has 0 N–H and O–H groups in total. The van der Waals surface area contributed by atoms with Gasteiger partial charge in [-0.3, -0.25) is 0 Å². The summed E-state index contributed by atoms with van der Waals surface area (Å²) < 4.78 is 64.0. The number of halogens is 3. The fourth-order valence-electron chi connectivity index (χ4n) is 3.47. The van der Waals surface area contributed by atoms with Crippen molar-refractivity contribution in [3.8, 4) is 0 Å². The molecule has 158 valence electrons. The Kier molecular flexibility index (Phi) is 5.69. The van der Waals surface area contributed by atoms with Gasteiger partial charge in [0.05, 0.1) is 15.7 Å². The van der Waals surface area contributed by atoms with Crippen LogP contribution in [-0.4, -0.2) is 31.7 Å². The van der Waals surface area contributed by atoms with Gasteiger partial charge in [-0.05, 0) is 48.1 Å². The van der Waals surface area contributed by atoms with E-state index in [4.69, 9.17) is 0 Å². The van der Waals surface area contributed by atoms with E-state index in [0.717, 1.165) is 17.8 Å². The van der Waals surface area contributed by atoms with Crippen molar-refractivity contribution in [3.05, 3.63) is 53.7 Å². The second kappa shape index (κ2) is 7.63. The summed E-state index contributed by atoms with van der Waals surface area (Å²) in [5.41, 5.74) is 0.222. The molecule has 1 aromatic carbocycles. The number of piperidine rings is 1. The number of rotatable bonds is 3. The molecule has 8 heteroatoms. The molecule has 0 atom stereocenters. The lowest BCUT2D eigenvalue weighted by molar-refractivity contribution is -0.137. The number of alkyl halides is 3. The van der Waals surface area contributed by atoms with Crippen LogP contribution in [0.2, 0.25) is 0 Å². The van der Waals surface area contributed by atoms with E-state index in [1.165, 1.54) is 6.07 Å². The van der Waals surface area contributed by atoms with E-state index in [2.05, 4.69) is 25.8 Å². The molecule has 1 aliphatic rings. The fourth-order valence-corrected chi connectivity index (χ4v) is 5.20. The Morgan fingerprint density at radius 1 is 0.931 bits per heavy atom. The standard InChI is InChI=1S/C21H25F3N2O2S/c1-20(2,3)15-4-7-17(8-5-15)29(27,28)18-10-12-26(13-11-18)19-9-6-16(14-25-19)21(22,23)24/h4-9,14,18H,10-13H2,1-3H3. The van der Waals surface area contributed by atoms with E-state index >= 15 is 0 Å². The van der Waals surface area contributed by atoms with Crippen LogP contribution in [0.1, 0.15) is 44.7 Å². The van der Waals surface area contributed by atoms with Crippen molar-refractivity contribution in [2.75, 3.05) is 18.0 Å². The lowest BCUT2D eigenvalue weighted by Gasteiger charge is -2.32. The second-order valence-electron chi connectivity index (χ2n) is 8.41. The number of anilines is 1. The fraction of sp³-hybridized carbons (Fsp3) is 0.476. The summed E-state index contributed by atoms with van der Waals surface area (Å²) in [6, 6.07) is 9.38. The zero-order valence-electron chi connectivity index (χ0n) is 16.7. The molecule has 1 fully saturated rings. The molecule has 29 heavy (non-hydrogen) atoms. The summed E-state index contributed by atoms with van der Waals surface area (Å²) in [6.45, 7) is 7.08. The number of benzene rings is 1. The number of nitrogens with zero attached hydrogens (tertiary/aromatic N) is 2. The van der Waals surface area contributed by atoms with Gasteiger partial charge in [-0.1, -0.05) is 32.9 Å². The normalized spacial score (nSPS) is 16.8. The van der Waals surface area contributed by atoms with Gasteiger partial charge in [-0.15, -0.1) is 0 Å². The first kappa shape index (κ1) is 21.6. The molecule has 0 aliphatic carbocycles. The van der Waals surface area contributed by atoms with E-state index < -0.39 is 26.8 Å². The molecular formula is C21H25F3N2O2S. The molecule has 1 saturated heterocycles. The van der Waals surface area contributed by atoms with Gasteiger partial charge in [0, 0.05) is 19.3 Å². The maximum Gasteiger partial charge on any atom is 0.417 e.